The minimum Gasteiger partial charge on any atom is -0.444 e. The zero-order valence-corrected chi connectivity index (χ0v) is 15.3. The van der Waals surface area contributed by atoms with Gasteiger partial charge in [0.2, 0.25) is 5.89 Å². The molecule has 7 heteroatoms. The minimum absolute atomic E-state index is 0.278. The highest BCUT2D eigenvalue weighted by Gasteiger charge is 2.18. The van der Waals surface area contributed by atoms with Crippen molar-refractivity contribution in [2.24, 2.45) is 0 Å². The van der Waals surface area contributed by atoms with Crippen LogP contribution in [0.4, 0.5) is 4.79 Å². The first-order chi connectivity index (χ1) is 12.3. The van der Waals surface area contributed by atoms with Gasteiger partial charge in [-0.05, 0) is 45.9 Å². The van der Waals surface area contributed by atoms with Gasteiger partial charge in [0.15, 0.2) is 5.76 Å². The number of hydrogen-bond acceptors (Lipinski definition) is 5. The van der Waals surface area contributed by atoms with Crippen LogP contribution in [0.2, 0.25) is 0 Å². The molecule has 0 radical (unpaired) electrons. The van der Waals surface area contributed by atoms with Crippen molar-refractivity contribution in [3.05, 3.63) is 47.8 Å². The third-order valence-electron chi connectivity index (χ3n) is 3.50. The second-order valence-electron chi connectivity index (χ2n) is 6.93. The Bertz CT molecular complexity index is 891. The molecule has 0 aliphatic rings. The molecule has 26 heavy (non-hydrogen) atoms. The zero-order valence-electron chi connectivity index (χ0n) is 15.3. The molecule has 1 amide bonds. The van der Waals surface area contributed by atoms with Crippen LogP contribution in [-0.4, -0.2) is 26.9 Å². The largest absolute Gasteiger partial charge is 0.444 e. The maximum Gasteiger partial charge on any atom is 0.407 e. The SMILES string of the molecule is Cc1nc(-c2ccccc2)oc1-c1cc(CNC(=O)OC(C)(C)C)[nH]n1. The molecule has 0 bridgehead atoms. The summed E-state index contributed by atoms with van der Waals surface area (Å²) in [4.78, 5) is 16.2. The van der Waals surface area contributed by atoms with Crippen LogP contribution in [0.3, 0.4) is 0 Å². The van der Waals surface area contributed by atoms with Crippen LogP contribution >= 0.6 is 0 Å². The molecule has 0 saturated heterocycles. The number of nitrogens with one attached hydrogen (secondary N) is 2. The van der Waals surface area contributed by atoms with Gasteiger partial charge in [0.05, 0.1) is 17.9 Å². The number of benzene rings is 1. The highest BCUT2D eigenvalue weighted by molar-refractivity contribution is 5.67. The highest BCUT2D eigenvalue weighted by atomic mass is 16.6. The monoisotopic (exact) mass is 354 g/mol. The first kappa shape index (κ1) is 17.7. The number of carbonyl (C=O) groups is 1. The lowest BCUT2D eigenvalue weighted by molar-refractivity contribution is 0.0523. The molecule has 0 aliphatic carbocycles. The fourth-order valence-corrected chi connectivity index (χ4v) is 2.39. The molecule has 0 fully saturated rings. The number of aryl methyl sites for hydroxylation is 1. The van der Waals surface area contributed by atoms with E-state index in [1.807, 2.05) is 64.1 Å². The van der Waals surface area contributed by atoms with Crippen LogP contribution in [0.5, 0.6) is 0 Å². The van der Waals surface area contributed by atoms with Crippen molar-refractivity contribution in [2.75, 3.05) is 0 Å². The lowest BCUT2D eigenvalue weighted by Crippen LogP contribution is -2.32. The number of carbonyl (C=O) groups excluding carboxylic acids is 1. The van der Waals surface area contributed by atoms with E-state index >= 15 is 0 Å². The number of alkyl carbamates (subject to hydrolysis) is 1. The summed E-state index contributed by atoms with van der Waals surface area (Å²) in [6, 6.07) is 11.5. The van der Waals surface area contributed by atoms with E-state index in [0.717, 1.165) is 17.0 Å². The van der Waals surface area contributed by atoms with Crippen molar-refractivity contribution in [3.63, 3.8) is 0 Å². The molecular weight excluding hydrogens is 332 g/mol. The molecule has 1 aromatic carbocycles. The van der Waals surface area contributed by atoms with Gasteiger partial charge < -0.3 is 14.5 Å². The number of nitrogens with zero attached hydrogens (tertiary/aromatic N) is 2. The zero-order chi connectivity index (χ0) is 18.7. The number of ether oxygens (including phenoxy) is 1. The van der Waals surface area contributed by atoms with Crippen LogP contribution in [0.15, 0.2) is 40.8 Å². The summed E-state index contributed by atoms with van der Waals surface area (Å²) in [5, 5.41) is 9.83. The number of aromatic nitrogens is 3. The summed E-state index contributed by atoms with van der Waals surface area (Å²) in [5.74, 6) is 1.15. The summed E-state index contributed by atoms with van der Waals surface area (Å²) >= 11 is 0. The Morgan fingerprint density at radius 3 is 2.69 bits per heavy atom. The van der Waals surface area contributed by atoms with E-state index < -0.39 is 11.7 Å². The van der Waals surface area contributed by atoms with E-state index in [4.69, 9.17) is 9.15 Å². The molecular formula is C19H22N4O3. The van der Waals surface area contributed by atoms with E-state index in [1.54, 1.807) is 0 Å². The summed E-state index contributed by atoms with van der Waals surface area (Å²) in [6.45, 7) is 7.60. The van der Waals surface area contributed by atoms with Crippen LogP contribution in [0, 0.1) is 6.92 Å². The maximum atomic E-state index is 11.7. The molecule has 2 heterocycles. The molecule has 3 rings (SSSR count). The molecule has 2 aromatic heterocycles. The molecule has 0 unspecified atom stereocenters. The van der Waals surface area contributed by atoms with Crippen LogP contribution < -0.4 is 5.32 Å². The minimum atomic E-state index is -0.534. The molecule has 0 aliphatic heterocycles. The van der Waals surface area contributed by atoms with Gasteiger partial charge >= 0.3 is 6.09 Å². The lowest BCUT2D eigenvalue weighted by atomic mass is 10.2. The van der Waals surface area contributed by atoms with Crippen LogP contribution in [0.1, 0.15) is 32.2 Å². The first-order valence-corrected chi connectivity index (χ1v) is 8.36. The van der Waals surface area contributed by atoms with Gasteiger partial charge in [0, 0.05) is 5.56 Å². The maximum absolute atomic E-state index is 11.7. The highest BCUT2D eigenvalue weighted by Crippen LogP contribution is 2.28. The summed E-state index contributed by atoms with van der Waals surface area (Å²) in [7, 11) is 0. The molecule has 2 N–H and O–H groups in total. The Hall–Kier alpha value is -3.09. The Kier molecular flexibility index (Phi) is 4.79. The van der Waals surface area contributed by atoms with Crippen molar-refractivity contribution in [3.8, 4) is 22.9 Å². The van der Waals surface area contributed by atoms with Gasteiger partial charge in [-0.3, -0.25) is 5.10 Å². The average molecular weight is 354 g/mol. The predicted molar refractivity (Wildman–Crippen MR) is 97.3 cm³/mol. The summed E-state index contributed by atoms with van der Waals surface area (Å²) < 4.78 is 11.1. The standard InChI is InChI=1S/C19H22N4O3/c1-12-16(25-17(21-12)13-8-6-5-7-9-13)15-10-14(22-23-15)11-20-18(24)26-19(2,3)4/h5-10H,11H2,1-4H3,(H,20,24)(H,22,23). The molecule has 0 spiro atoms. The quantitative estimate of drug-likeness (QED) is 0.737. The van der Waals surface area contributed by atoms with E-state index in [-0.39, 0.29) is 6.54 Å². The molecule has 0 saturated carbocycles. The van der Waals surface area contributed by atoms with E-state index in [0.29, 0.717) is 17.3 Å². The van der Waals surface area contributed by atoms with Crippen molar-refractivity contribution >= 4 is 6.09 Å². The molecule has 136 valence electrons. The Morgan fingerprint density at radius 1 is 1.27 bits per heavy atom. The fourth-order valence-electron chi connectivity index (χ4n) is 2.39. The van der Waals surface area contributed by atoms with E-state index in [2.05, 4.69) is 20.5 Å². The molecule has 7 nitrogen and oxygen atoms in total. The number of amides is 1. The van der Waals surface area contributed by atoms with Gasteiger partial charge in [0.1, 0.15) is 11.3 Å². The Morgan fingerprint density at radius 2 is 2.00 bits per heavy atom. The average Bonchev–Trinajstić information content (AvgIpc) is 3.18. The number of hydrogen-bond donors (Lipinski definition) is 2. The van der Waals surface area contributed by atoms with E-state index in [1.165, 1.54) is 0 Å². The Labute approximate surface area is 151 Å². The normalized spacial score (nSPS) is 11.4. The number of rotatable bonds is 4. The number of H-pyrrole nitrogens is 1. The van der Waals surface area contributed by atoms with Crippen molar-refractivity contribution in [1.29, 1.82) is 0 Å². The second kappa shape index (κ2) is 7.03. The topological polar surface area (TPSA) is 93.0 Å². The van der Waals surface area contributed by atoms with Gasteiger partial charge in [-0.25, -0.2) is 9.78 Å². The van der Waals surface area contributed by atoms with Crippen LogP contribution in [-0.2, 0) is 11.3 Å². The third-order valence-corrected chi connectivity index (χ3v) is 3.50. The van der Waals surface area contributed by atoms with Gasteiger partial charge in [-0.15, -0.1) is 0 Å². The van der Waals surface area contributed by atoms with Crippen molar-refractivity contribution in [2.45, 2.75) is 39.8 Å². The van der Waals surface area contributed by atoms with Gasteiger partial charge in [-0.2, -0.15) is 5.10 Å². The van der Waals surface area contributed by atoms with Gasteiger partial charge in [-0.1, -0.05) is 18.2 Å². The smallest absolute Gasteiger partial charge is 0.407 e. The van der Waals surface area contributed by atoms with Crippen molar-refractivity contribution < 1.29 is 13.9 Å². The van der Waals surface area contributed by atoms with Crippen LogP contribution in [0.25, 0.3) is 22.9 Å². The van der Waals surface area contributed by atoms with Gasteiger partial charge in [0.25, 0.3) is 0 Å². The first-order valence-electron chi connectivity index (χ1n) is 8.36. The summed E-state index contributed by atoms with van der Waals surface area (Å²) in [6.07, 6.45) is -0.476. The third kappa shape index (κ3) is 4.30. The second-order valence-corrected chi connectivity index (χ2v) is 6.93. The lowest BCUT2D eigenvalue weighted by Gasteiger charge is -2.19. The van der Waals surface area contributed by atoms with E-state index in [9.17, 15) is 4.79 Å². The number of aromatic amines is 1. The molecule has 3 aromatic rings. The summed E-state index contributed by atoms with van der Waals surface area (Å²) in [5.41, 5.74) is 2.50. The fraction of sp³-hybridized carbons (Fsp3) is 0.316. The van der Waals surface area contributed by atoms with Crippen molar-refractivity contribution in [1.82, 2.24) is 20.5 Å². The Balaban J connectivity index is 1.70. The predicted octanol–water partition coefficient (Wildman–Crippen LogP) is 4.06. The molecule has 0 atom stereocenters. The number of oxazole rings is 1.